The zero-order chi connectivity index (χ0) is 21.3. The lowest BCUT2D eigenvalue weighted by Crippen LogP contribution is -2.49. The van der Waals surface area contributed by atoms with Crippen LogP contribution in [-0.4, -0.2) is 37.7 Å². The smallest absolute Gasteiger partial charge is 0.322 e. The van der Waals surface area contributed by atoms with Gasteiger partial charge in [-0.25, -0.2) is 4.79 Å². The van der Waals surface area contributed by atoms with Gasteiger partial charge in [-0.1, -0.05) is 23.7 Å². The van der Waals surface area contributed by atoms with Crippen LogP contribution in [0.5, 0.6) is 5.75 Å². The summed E-state index contributed by atoms with van der Waals surface area (Å²) in [6.45, 7) is 1.31. The maximum atomic E-state index is 13.4. The lowest BCUT2D eigenvalue weighted by atomic mass is 9.73. The number of rotatable bonds is 3. The number of hydrogen-bond acceptors (Lipinski definition) is 5. The number of anilines is 1. The molecule has 4 N–H and O–H groups in total. The van der Waals surface area contributed by atoms with E-state index in [0.29, 0.717) is 36.6 Å². The first-order chi connectivity index (χ1) is 14.4. The summed E-state index contributed by atoms with van der Waals surface area (Å²) in [5.41, 5.74) is 6.04. The molecule has 2 heterocycles. The van der Waals surface area contributed by atoms with E-state index >= 15 is 0 Å². The molecular formula is C21H21ClN4O4. The molecule has 0 bridgehead atoms. The Labute approximate surface area is 178 Å². The predicted octanol–water partition coefficient (Wildman–Crippen LogP) is 2.15. The molecule has 0 radical (unpaired) electrons. The first-order valence-corrected chi connectivity index (χ1v) is 9.97. The van der Waals surface area contributed by atoms with E-state index in [1.165, 1.54) is 23.1 Å². The van der Waals surface area contributed by atoms with Crippen LogP contribution in [0, 0.1) is 0 Å². The summed E-state index contributed by atoms with van der Waals surface area (Å²) in [6, 6.07) is 11.1. The summed E-state index contributed by atoms with van der Waals surface area (Å²) in [4.78, 5) is 38.4. The second-order valence-electron chi connectivity index (χ2n) is 7.34. The molecule has 3 amide bonds. The summed E-state index contributed by atoms with van der Waals surface area (Å²) in [5.74, 6) is -0.472. The van der Waals surface area contributed by atoms with Crippen LogP contribution in [0.25, 0.3) is 0 Å². The molecule has 0 saturated carbocycles. The van der Waals surface area contributed by atoms with E-state index in [2.05, 4.69) is 10.6 Å². The molecule has 30 heavy (non-hydrogen) atoms. The number of nitrogens with zero attached hydrogens (tertiary/aromatic N) is 1. The fraction of sp³-hybridized carbons (Fsp3) is 0.286. The molecule has 0 aromatic heterocycles. The number of halogens is 1. The lowest BCUT2D eigenvalue weighted by molar-refractivity contribution is -0.142. The van der Waals surface area contributed by atoms with Crippen LogP contribution in [0.3, 0.4) is 0 Å². The molecule has 0 atom stereocenters. The van der Waals surface area contributed by atoms with Gasteiger partial charge in [-0.15, -0.1) is 0 Å². The third kappa shape index (κ3) is 3.59. The van der Waals surface area contributed by atoms with Crippen molar-refractivity contribution < 1.29 is 19.1 Å². The third-order valence-corrected chi connectivity index (χ3v) is 5.88. The Morgan fingerprint density at radius 2 is 1.80 bits per heavy atom. The van der Waals surface area contributed by atoms with Crippen LogP contribution in [0.4, 0.5) is 10.5 Å². The third-order valence-electron chi connectivity index (χ3n) is 5.62. The van der Waals surface area contributed by atoms with Crippen LogP contribution in [0.1, 0.15) is 28.8 Å². The maximum absolute atomic E-state index is 13.4. The number of carbonyl (C=O) groups excluding carboxylic acids is 3. The van der Waals surface area contributed by atoms with Crippen molar-refractivity contribution in [3.8, 4) is 5.75 Å². The largest absolute Gasteiger partial charge is 0.426 e. The SMILES string of the molecule is NC(=O)N1CNC(=O)c2ccc(OC(=O)C3(c4ccc(Cl)cc4)CCNCC3)cc21. The Morgan fingerprint density at radius 1 is 1.10 bits per heavy atom. The van der Waals surface area contributed by atoms with Crippen molar-refractivity contribution in [1.82, 2.24) is 10.6 Å². The number of esters is 1. The van der Waals surface area contributed by atoms with Gasteiger partial charge in [-0.3, -0.25) is 14.5 Å². The van der Waals surface area contributed by atoms with Crippen LogP contribution < -0.4 is 26.0 Å². The first kappa shape index (κ1) is 20.2. The highest BCUT2D eigenvalue weighted by molar-refractivity contribution is 6.30. The molecule has 8 nitrogen and oxygen atoms in total. The fourth-order valence-corrected chi connectivity index (χ4v) is 4.08. The van der Waals surface area contributed by atoms with Gasteiger partial charge in [-0.05, 0) is 55.8 Å². The van der Waals surface area contributed by atoms with Gasteiger partial charge in [0, 0.05) is 11.1 Å². The van der Waals surface area contributed by atoms with E-state index in [9.17, 15) is 14.4 Å². The highest BCUT2D eigenvalue weighted by Gasteiger charge is 2.43. The Hall–Kier alpha value is -3.10. The first-order valence-electron chi connectivity index (χ1n) is 9.59. The van der Waals surface area contributed by atoms with E-state index in [0.717, 1.165) is 5.56 Å². The summed E-state index contributed by atoms with van der Waals surface area (Å²) in [5, 5.41) is 6.43. The molecule has 2 aromatic rings. The van der Waals surface area contributed by atoms with E-state index in [-0.39, 0.29) is 23.9 Å². The van der Waals surface area contributed by atoms with Crippen molar-refractivity contribution in [1.29, 1.82) is 0 Å². The standard InChI is InChI=1S/C21H21ClN4O4/c22-14-3-1-13(2-4-14)21(7-9-24-10-8-21)19(28)30-15-5-6-16-17(11-15)26(20(23)29)12-25-18(16)27/h1-6,11,24H,7-10,12H2,(H2,23,29)(H,25,27). The molecule has 4 rings (SSSR count). The minimum atomic E-state index is -0.813. The second-order valence-corrected chi connectivity index (χ2v) is 7.77. The summed E-state index contributed by atoms with van der Waals surface area (Å²) in [6.07, 6.45) is 1.16. The van der Waals surface area contributed by atoms with Crippen molar-refractivity contribution >= 4 is 35.2 Å². The molecule has 1 fully saturated rings. The molecule has 9 heteroatoms. The summed E-state index contributed by atoms with van der Waals surface area (Å²) >= 11 is 6.02. The van der Waals surface area contributed by atoms with E-state index < -0.39 is 17.4 Å². The number of nitrogens with two attached hydrogens (primary N) is 1. The van der Waals surface area contributed by atoms with Crippen LogP contribution in [0.15, 0.2) is 42.5 Å². The molecule has 2 aliphatic heterocycles. The number of nitrogens with one attached hydrogen (secondary N) is 2. The van der Waals surface area contributed by atoms with Crippen molar-refractivity contribution in [2.75, 3.05) is 24.7 Å². The van der Waals surface area contributed by atoms with Gasteiger partial charge in [-0.2, -0.15) is 0 Å². The van der Waals surface area contributed by atoms with Gasteiger partial charge in [0.05, 0.1) is 23.3 Å². The molecule has 0 aliphatic carbocycles. The Morgan fingerprint density at radius 3 is 2.47 bits per heavy atom. The second kappa shape index (κ2) is 7.97. The topological polar surface area (TPSA) is 114 Å². The average Bonchev–Trinajstić information content (AvgIpc) is 2.74. The Kier molecular flexibility index (Phi) is 5.36. The summed E-state index contributed by atoms with van der Waals surface area (Å²) < 4.78 is 5.76. The zero-order valence-electron chi connectivity index (χ0n) is 16.1. The number of carbonyl (C=O) groups is 3. The van der Waals surface area contributed by atoms with Gasteiger partial charge in [0.2, 0.25) is 0 Å². The minimum Gasteiger partial charge on any atom is -0.426 e. The van der Waals surface area contributed by atoms with Gasteiger partial charge in [0.1, 0.15) is 5.75 Å². The number of fused-ring (bicyclic) bond motifs is 1. The van der Waals surface area contributed by atoms with Crippen molar-refractivity contribution in [2.24, 2.45) is 5.73 Å². The molecular weight excluding hydrogens is 408 g/mol. The Bertz CT molecular complexity index is 1000. The maximum Gasteiger partial charge on any atom is 0.322 e. The molecule has 2 aliphatic rings. The van der Waals surface area contributed by atoms with E-state index in [4.69, 9.17) is 22.1 Å². The van der Waals surface area contributed by atoms with Crippen molar-refractivity contribution in [3.05, 3.63) is 58.6 Å². The number of primary amides is 1. The average molecular weight is 429 g/mol. The number of amides is 3. The molecule has 156 valence electrons. The number of urea groups is 1. The van der Waals surface area contributed by atoms with Crippen molar-refractivity contribution in [3.63, 3.8) is 0 Å². The number of ether oxygens (including phenoxy) is 1. The number of benzene rings is 2. The molecule has 2 aromatic carbocycles. The monoisotopic (exact) mass is 428 g/mol. The summed E-state index contributed by atoms with van der Waals surface area (Å²) in [7, 11) is 0. The van der Waals surface area contributed by atoms with Gasteiger partial charge in [0.15, 0.2) is 0 Å². The molecule has 1 saturated heterocycles. The predicted molar refractivity (Wildman–Crippen MR) is 112 cm³/mol. The minimum absolute atomic E-state index is 0.0427. The zero-order valence-corrected chi connectivity index (χ0v) is 16.9. The van der Waals surface area contributed by atoms with Crippen LogP contribution in [0.2, 0.25) is 5.02 Å². The van der Waals surface area contributed by atoms with Crippen LogP contribution in [-0.2, 0) is 10.2 Å². The normalized spacial score (nSPS) is 17.6. The Balaban J connectivity index is 1.66. The number of piperidine rings is 1. The van der Waals surface area contributed by atoms with Gasteiger partial charge >= 0.3 is 12.0 Å². The molecule has 0 unspecified atom stereocenters. The van der Waals surface area contributed by atoms with Crippen LogP contribution >= 0.6 is 11.6 Å². The van der Waals surface area contributed by atoms with Gasteiger partial charge < -0.3 is 21.1 Å². The highest BCUT2D eigenvalue weighted by atomic mass is 35.5. The fourth-order valence-electron chi connectivity index (χ4n) is 3.96. The van der Waals surface area contributed by atoms with E-state index in [1.807, 2.05) is 12.1 Å². The molecule has 0 spiro atoms. The quantitative estimate of drug-likeness (QED) is 0.512. The number of hydrogen-bond donors (Lipinski definition) is 3. The van der Waals surface area contributed by atoms with Gasteiger partial charge in [0.25, 0.3) is 5.91 Å². The van der Waals surface area contributed by atoms with Crippen molar-refractivity contribution in [2.45, 2.75) is 18.3 Å². The lowest BCUT2D eigenvalue weighted by Gasteiger charge is -2.36. The van der Waals surface area contributed by atoms with E-state index in [1.54, 1.807) is 12.1 Å². The highest BCUT2D eigenvalue weighted by Crippen LogP contribution is 2.37.